The van der Waals surface area contributed by atoms with Gasteiger partial charge in [-0.15, -0.1) is 0 Å². The third kappa shape index (κ3) is 7.44. The van der Waals surface area contributed by atoms with Gasteiger partial charge in [-0.3, -0.25) is 0 Å². The van der Waals surface area contributed by atoms with Crippen LogP contribution in [0.1, 0.15) is 52.5 Å². The summed E-state index contributed by atoms with van der Waals surface area (Å²) in [5, 5.41) is 9.85. The zero-order chi connectivity index (χ0) is 17.9. The first-order valence-electron chi connectivity index (χ1n) is 9.11. The summed E-state index contributed by atoms with van der Waals surface area (Å²) in [4.78, 5) is 0. The average Bonchev–Trinajstić information content (AvgIpc) is 2.61. The number of hydrogen-bond acceptors (Lipinski definition) is 2. The van der Waals surface area contributed by atoms with Crippen LogP contribution in [0.5, 0.6) is 5.75 Å². The Balaban J connectivity index is 0.00000139. The third-order valence-corrected chi connectivity index (χ3v) is 4.42. The smallest absolute Gasteiger partial charge is 0.115 e. The van der Waals surface area contributed by atoms with E-state index in [1.165, 1.54) is 30.4 Å². The Hall–Kier alpha value is -1.41. The SMILES string of the molecule is CC.CC(S)CCC(C)CCc1ccc(-c2ccc(O)cc2)cc1. The summed E-state index contributed by atoms with van der Waals surface area (Å²) in [6.07, 6.45) is 4.83. The lowest BCUT2D eigenvalue weighted by Gasteiger charge is -2.12. The number of phenolic OH excluding ortho intramolecular Hbond substituents is 1. The second-order valence-corrected chi connectivity index (χ2v) is 7.20. The van der Waals surface area contributed by atoms with Crippen LogP contribution in [-0.2, 0) is 6.42 Å². The molecule has 24 heavy (non-hydrogen) atoms. The standard InChI is InChI=1S/C20H26OS.C2H6/c1-15(3-5-16(2)22)4-6-17-7-9-18(10-8-17)19-11-13-20(21)14-12-19;1-2/h7-16,21-22H,3-6H2,1-2H3;1-2H3. The third-order valence-electron chi connectivity index (χ3n) is 4.16. The molecule has 2 atom stereocenters. The highest BCUT2D eigenvalue weighted by atomic mass is 32.1. The van der Waals surface area contributed by atoms with Crippen molar-refractivity contribution in [3.05, 3.63) is 54.1 Å². The van der Waals surface area contributed by atoms with E-state index in [0.29, 0.717) is 11.0 Å². The van der Waals surface area contributed by atoms with Crippen molar-refractivity contribution in [2.75, 3.05) is 0 Å². The lowest BCUT2D eigenvalue weighted by molar-refractivity contribution is 0.475. The molecule has 2 aromatic carbocycles. The molecule has 2 aromatic rings. The van der Waals surface area contributed by atoms with Crippen molar-refractivity contribution in [1.82, 2.24) is 0 Å². The van der Waals surface area contributed by atoms with Crippen molar-refractivity contribution in [3.63, 3.8) is 0 Å². The Kier molecular flexibility index (Phi) is 9.63. The van der Waals surface area contributed by atoms with Gasteiger partial charge in [0.2, 0.25) is 0 Å². The highest BCUT2D eigenvalue weighted by Crippen LogP contribution is 2.23. The van der Waals surface area contributed by atoms with Crippen molar-refractivity contribution < 1.29 is 5.11 Å². The summed E-state index contributed by atoms with van der Waals surface area (Å²) in [6.45, 7) is 8.50. The van der Waals surface area contributed by atoms with E-state index < -0.39 is 0 Å². The van der Waals surface area contributed by atoms with Gasteiger partial charge in [0.15, 0.2) is 0 Å². The van der Waals surface area contributed by atoms with Crippen molar-refractivity contribution >= 4 is 12.6 Å². The van der Waals surface area contributed by atoms with Crippen LogP contribution in [0.4, 0.5) is 0 Å². The van der Waals surface area contributed by atoms with Gasteiger partial charge in [-0.2, -0.15) is 12.6 Å². The molecule has 2 rings (SSSR count). The molecule has 1 N–H and O–H groups in total. The van der Waals surface area contributed by atoms with Crippen molar-refractivity contribution in [3.8, 4) is 16.9 Å². The number of aryl methyl sites for hydroxylation is 1. The monoisotopic (exact) mass is 344 g/mol. The van der Waals surface area contributed by atoms with E-state index in [0.717, 1.165) is 17.9 Å². The molecule has 0 aromatic heterocycles. The quantitative estimate of drug-likeness (QED) is 0.532. The molecule has 2 unspecified atom stereocenters. The summed E-state index contributed by atoms with van der Waals surface area (Å²) in [5.41, 5.74) is 3.73. The van der Waals surface area contributed by atoms with Crippen LogP contribution in [0, 0.1) is 5.92 Å². The van der Waals surface area contributed by atoms with Gasteiger partial charge in [0, 0.05) is 0 Å². The molecule has 0 aliphatic rings. The zero-order valence-corrected chi connectivity index (χ0v) is 16.4. The molecule has 0 bridgehead atoms. The molecule has 0 heterocycles. The minimum absolute atomic E-state index is 0.310. The van der Waals surface area contributed by atoms with E-state index in [2.05, 4.69) is 50.7 Å². The molecule has 132 valence electrons. The maximum absolute atomic E-state index is 9.34. The summed E-state index contributed by atoms with van der Waals surface area (Å²) < 4.78 is 0. The lowest BCUT2D eigenvalue weighted by Crippen LogP contribution is -2.01. The van der Waals surface area contributed by atoms with Gasteiger partial charge >= 0.3 is 0 Å². The summed E-state index contributed by atoms with van der Waals surface area (Å²) >= 11 is 4.45. The topological polar surface area (TPSA) is 20.2 Å². The fraction of sp³-hybridized carbons (Fsp3) is 0.455. The highest BCUT2D eigenvalue weighted by molar-refractivity contribution is 7.80. The molecule has 0 spiro atoms. The molecule has 0 radical (unpaired) electrons. The number of thiol groups is 1. The fourth-order valence-electron chi connectivity index (χ4n) is 2.60. The zero-order valence-electron chi connectivity index (χ0n) is 15.5. The van der Waals surface area contributed by atoms with Gasteiger partial charge in [-0.1, -0.05) is 64.1 Å². The Morgan fingerprint density at radius 2 is 1.29 bits per heavy atom. The maximum atomic E-state index is 9.34. The van der Waals surface area contributed by atoms with Crippen LogP contribution in [0.25, 0.3) is 11.1 Å². The van der Waals surface area contributed by atoms with Crippen LogP contribution in [0.2, 0.25) is 0 Å². The van der Waals surface area contributed by atoms with Gasteiger partial charge in [-0.25, -0.2) is 0 Å². The molecule has 0 saturated carbocycles. The van der Waals surface area contributed by atoms with Crippen LogP contribution < -0.4 is 0 Å². The molecule has 0 aliphatic carbocycles. The molecule has 2 heteroatoms. The van der Waals surface area contributed by atoms with E-state index in [4.69, 9.17) is 0 Å². The van der Waals surface area contributed by atoms with E-state index in [9.17, 15) is 5.11 Å². The Labute approximate surface area is 153 Å². The first kappa shape index (κ1) is 20.6. The molecule has 0 aliphatic heterocycles. The second kappa shape index (κ2) is 11.2. The number of rotatable bonds is 7. The second-order valence-electron chi connectivity index (χ2n) is 6.31. The van der Waals surface area contributed by atoms with Crippen molar-refractivity contribution in [1.29, 1.82) is 0 Å². The van der Waals surface area contributed by atoms with Crippen LogP contribution >= 0.6 is 12.6 Å². The Morgan fingerprint density at radius 3 is 1.79 bits per heavy atom. The maximum Gasteiger partial charge on any atom is 0.115 e. The van der Waals surface area contributed by atoms with Crippen molar-refractivity contribution in [2.45, 2.75) is 58.6 Å². The molecule has 0 amide bonds. The Bertz CT molecular complexity index is 558. The summed E-state index contributed by atoms with van der Waals surface area (Å²) in [6, 6.07) is 16.1. The van der Waals surface area contributed by atoms with E-state index in [-0.39, 0.29) is 0 Å². The predicted octanol–water partition coefficient (Wildman–Crippen LogP) is 6.75. The predicted molar refractivity (Wildman–Crippen MR) is 110 cm³/mol. The van der Waals surface area contributed by atoms with Gasteiger partial charge < -0.3 is 5.11 Å². The number of benzene rings is 2. The summed E-state index contributed by atoms with van der Waals surface area (Å²) in [5.74, 6) is 1.07. The number of hydrogen-bond donors (Lipinski definition) is 2. The number of aromatic hydroxyl groups is 1. The van der Waals surface area contributed by atoms with Gasteiger partial charge in [0.05, 0.1) is 0 Å². The van der Waals surface area contributed by atoms with Gasteiger partial charge in [0.1, 0.15) is 5.75 Å². The van der Waals surface area contributed by atoms with Gasteiger partial charge in [-0.05, 0) is 65.7 Å². The van der Waals surface area contributed by atoms with Crippen LogP contribution in [-0.4, -0.2) is 10.4 Å². The van der Waals surface area contributed by atoms with E-state index >= 15 is 0 Å². The first-order valence-corrected chi connectivity index (χ1v) is 9.62. The molecular weight excluding hydrogens is 312 g/mol. The lowest BCUT2D eigenvalue weighted by atomic mass is 9.95. The fourth-order valence-corrected chi connectivity index (χ4v) is 2.75. The largest absolute Gasteiger partial charge is 0.508 e. The van der Waals surface area contributed by atoms with Crippen LogP contribution in [0.3, 0.4) is 0 Å². The highest BCUT2D eigenvalue weighted by Gasteiger charge is 2.05. The minimum Gasteiger partial charge on any atom is -0.508 e. The first-order chi connectivity index (χ1) is 11.5. The average molecular weight is 345 g/mol. The molecule has 0 fully saturated rings. The van der Waals surface area contributed by atoms with E-state index in [1.54, 1.807) is 12.1 Å². The molecule has 0 saturated heterocycles. The van der Waals surface area contributed by atoms with Gasteiger partial charge in [0.25, 0.3) is 0 Å². The minimum atomic E-state index is 0.310. The Morgan fingerprint density at radius 1 is 0.792 bits per heavy atom. The molecule has 1 nitrogen and oxygen atoms in total. The molecular formula is C22H32OS. The van der Waals surface area contributed by atoms with Crippen molar-refractivity contribution in [2.24, 2.45) is 5.92 Å². The van der Waals surface area contributed by atoms with Crippen LogP contribution in [0.15, 0.2) is 48.5 Å². The van der Waals surface area contributed by atoms with E-state index in [1.807, 2.05) is 26.0 Å². The normalized spacial score (nSPS) is 12.9. The summed E-state index contributed by atoms with van der Waals surface area (Å²) in [7, 11) is 0. The number of phenols is 1.